The molecule has 2 aromatic rings. The van der Waals surface area contributed by atoms with Crippen LogP contribution < -0.4 is 10.1 Å². The Kier molecular flexibility index (Phi) is 7.67. The number of methoxy groups -OCH3 is 1. The van der Waals surface area contributed by atoms with Crippen molar-refractivity contribution in [3.05, 3.63) is 53.8 Å². The molecule has 0 radical (unpaired) electrons. The monoisotopic (exact) mass is 448 g/mol. The summed E-state index contributed by atoms with van der Waals surface area (Å²) >= 11 is 0. The van der Waals surface area contributed by atoms with E-state index in [1.807, 2.05) is 24.3 Å². The molecular weight excluding hydrogens is 419 g/mol. The van der Waals surface area contributed by atoms with Gasteiger partial charge in [-0.05, 0) is 61.6 Å². The van der Waals surface area contributed by atoms with Gasteiger partial charge in [0, 0.05) is 24.7 Å². The van der Waals surface area contributed by atoms with Crippen LogP contribution in [-0.4, -0.2) is 38.8 Å². The summed E-state index contributed by atoms with van der Waals surface area (Å²) in [5.41, 5.74) is 1.98. The molecule has 0 atom stereocenters. The predicted molar refractivity (Wildman–Crippen MR) is 118 cm³/mol. The molecule has 1 saturated heterocycles. The zero-order chi connectivity index (χ0) is 22.4. The second kappa shape index (κ2) is 10.2. The lowest BCUT2D eigenvalue weighted by molar-refractivity contribution is -0.120. The summed E-state index contributed by atoms with van der Waals surface area (Å²) in [4.78, 5) is 12.5. The molecule has 1 fully saturated rings. The lowest BCUT2D eigenvalue weighted by Gasteiger charge is -2.30. The van der Waals surface area contributed by atoms with Crippen LogP contribution in [0.5, 0.6) is 5.75 Å². The standard InChI is InChI=1S/C23H29FN2O4S/c1-3-4-5-17-6-9-20(10-7-17)25-23(27)18-12-14-26(15-13-18)31(28,29)22-16-19(24)8-11-21(22)30-2/h6-11,16,18H,3-5,12-15H2,1-2H3,(H,25,27). The number of piperidine rings is 1. The minimum atomic E-state index is -3.91. The van der Waals surface area contributed by atoms with E-state index in [1.165, 1.54) is 23.0 Å². The van der Waals surface area contributed by atoms with E-state index < -0.39 is 15.8 Å². The van der Waals surface area contributed by atoms with Crippen LogP contribution in [-0.2, 0) is 21.2 Å². The second-order valence-corrected chi connectivity index (χ2v) is 9.67. The number of hydrogen-bond acceptors (Lipinski definition) is 4. The maximum absolute atomic E-state index is 13.7. The Morgan fingerprint density at radius 1 is 1.16 bits per heavy atom. The highest BCUT2D eigenvalue weighted by Gasteiger charge is 2.34. The molecule has 0 aromatic heterocycles. The molecule has 2 aromatic carbocycles. The zero-order valence-corrected chi connectivity index (χ0v) is 18.8. The molecule has 0 bridgehead atoms. The fourth-order valence-corrected chi connectivity index (χ4v) is 5.37. The van der Waals surface area contributed by atoms with Gasteiger partial charge in [-0.15, -0.1) is 0 Å². The lowest BCUT2D eigenvalue weighted by Crippen LogP contribution is -2.41. The van der Waals surface area contributed by atoms with Gasteiger partial charge in [-0.2, -0.15) is 4.31 Å². The molecule has 6 nitrogen and oxygen atoms in total. The first kappa shape index (κ1) is 23.2. The van der Waals surface area contributed by atoms with Gasteiger partial charge in [-0.3, -0.25) is 4.79 Å². The van der Waals surface area contributed by atoms with Crippen LogP contribution in [0.2, 0.25) is 0 Å². The maximum Gasteiger partial charge on any atom is 0.246 e. The molecule has 168 valence electrons. The number of hydrogen-bond donors (Lipinski definition) is 1. The number of ether oxygens (including phenoxy) is 1. The lowest BCUT2D eigenvalue weighted by atomic mass is 9.97. The van der Waals surface area contributed by atoms with Gasteiger partial charge in [-0.25, -0.2) is 12.8 Å². The molecule has 0 spiro atoms. The predicted octanol–water partition coefficient (Wildman–Crippen LogP) is 4.22. The molecule has 1 amide bonds. The number of benzene rings is 2. The zero-order valence-electron chi connectivity index (χ0n) is 17.9. The third kappa shape index (κ3) is 5.62. The van der Waals surface area contributed by atoms with Crippen LogP contribution in [0.1, 0.15) is 38.2 Å². The van der Waals surface area contributed by atoms with Gasteiger partial charge in [0.1, 0.15) is 16.5 Å². The Morgan fingerprint density at radius 2 is 1.84 bits per heavy atom. The number of unbranched alkanes of at least 4 members (excludes halogenated alkanes) is 1. The van der Waals surface area contributed by atoms with Gasteiger partial charge < -0.3 is 10.1 Å². The summed E-state index contributed by atoms with van der Waals surface area (Å²) in [7, 11) is -2.56. The van der Waals surface area contributed by atoms with Crippen molar-refractivity contribution in [1.82, 2.24) is 4.31 Å². The number of rotatable bonds is 8. The van der Waals surface area contributed by atoms with Crippen LogP contribution in [0.3, 0.4) is 0 Å². The molecule has 0 saturated carbocycles. The summed E-state index contributed by atoms with van der Waals surface area (Å²) < 4.78 is 46.0. The first-order chi connectivity index (χ1) is 14.8. The first-order valence-corrected chi connectivity index (χ1v) is 12.0. The second-order valence-electron chi connectivity index (χ2n) is 7.76. The fourth-order valence-electron chi connectivity index (χ4n) is 3.73. The third-order valence-electron chi connectivity index (χ3n) is 5.61. The van der Waals surface area contributed by atoms with Crippen molar-refractivity contribution in [2.24, 2.45) is 5.92 Å². The van der Waals surface area contributed by atoms with E-state index in [-0.39, 0.29) is 35.6 Å². The van der Waals surface area contributed by atoms with E-state index in [9.17, 15) is 17.6 Å². The average molecular weight is 449 g/mol. The van der Waals surface area contributed by atoms with Gasteiger partial charge in [0.2, 0.25) is 15.9 Å². The Bertz CT molecular complexity index is 1000. The maximum atomic E-state index is 13.7. The van der Waals surface area contributed by atoms with Gasteiger partial charge >= 0.3 is 0 Å². The summed E-state index contributed by atoms with van der Waals surface area (Å²) in [5.74, 6) is -0.930. The molecule has 8 heteroatoms. The van der Waals surface area contributed by atoms with Crippen molar-refractivity contribution >= 4 is 21.6 Å². The number of carbonyl (C=O) groups is 1. The van der Waals surface area contributed by atoms with E-state index in [1.54, 1.807) is 0 Å². The summed E-state index contributed by atoms with van der Waals surface area (Å²) in [6.45, 7) is 2.53. The Hall–Kier alpha value is -2.45. The smallest absolute Gasteiger partial charge is 0.246 e. The Balaban J connectivity index is 1.60. The molecule has 31 heavy (non-hydrogen) atoms. The van der Waals surface area contributed by atoms with Crippen molar-refractivity contribution in [2.75, 3.05) is 25.5 Å². The number of nitrogens with zero attached hydrogens (tertiary/aromatic N) is 1. The van der Waals surface area contributed by atoms with Gasteiger partial charge in [0.05, 0.1) is 7.11 Å². The first-order valence-electron chi connectivity index (χ1n) is 10.6. The van der Waals surface area contributed by atoms with Gasteiger partial charge in [0.25, 0.3) is 0 Å². The largest absolute Gasteiger partial charge is 0.495 e. The Labute approximate surface area is 183 Å². The van der Waals surface area contributed by atoms with Crippen LogP contribution in [0.25, 0.3) is 0 Å². The number of aryl methyl sites for hydroxylation is 1. The highest BCUT2D eigenvalue weighted by atomic mass is 32.2. The molecule has 3 rings (SSSR count). The molecule has 0 unspecified atom stereocenters. The molecule has 0 aliphatic carbocycles. The van der Waals surface area contributed by atoms with E-state index in [0.717, 1.165) is 37.1 Å². The topological polar surface area (TPSA) is 75.7 Å². The number of amides is 1. The van der Waals surface area contributed by atoms with Crippen molar-refractivity contribution in [3.8, 4) is 5.75 Å². The van der Waals surface area contributed by atoms with Crippen molar-refractivity contribution in [1.29, 1.82) is 0 Å². The normalized spacial score (nSPS) is 15.6. The van der Waals surface area contributed by atoms with E-state index in [2.05, 4.69) is 12.2 Å². The van der Waals surface area contributed by atoms with Crippen LogP contribution >= 0.6 is 0 Å². The van der Waals surface area contributed by atoms with Gasteiger partial charge in [0.15, 0.2) is 0 Å². The summed E-state index contributed by atoms with van der Waals surface area (Å²) in [6.07, 6.45) is 4.09. The number of nitrogens with one attached hydrogen (secondary N) is 1. The van der Waals surface area contributed by atoms with E-state index in [0.29, 0.717) is 12.8 Å². The van der Waals surface area contributed by atoms with E-state index in [4.69, 9.17) is 4.74 Å². The quantitative estimate of drug-likeness (QED) is 0.656. The third-order valence-corrected chi connectivity index (χ3v) is 7.53. The number of carbonyl (C=O) groups excluding carboxylic acids is 1. The van der Waals surface area contributed by atoms with Crippen LogP contribution in [0, 0.1) is 11.7 Å². The minimum Gasteiger partial charge on any atom is -0.495 e. The summed E-state index contributed by atoms with van der Waals surface area (Å²) in [5, 5.41) is 2.93. The van der Waals surface area contributed by atoms with Crippen LogP contribution in [0.15, 0.2) is 47.4 Å². The summed E-state index contributed by atoms with van der Waals surface area (Å²) in [6, 6.07) is 11.3. The highest BCUT2D eigenvalue weighted by molar-refractivity contribution is 7.89. The van der Waals surface area contributed by atoms with Crippen molar-refractivity contribution < 1.29 is 22.3 Å². The number of anilines is 1. The number of halogens is 1. The minimum absolute atomic E-state index is 0.101. The van der Waals surface area contributed by atoms with Crippen LogP contribution in [0.4, 0.5) is 10.1 Å². The highest BCUT2D eigenvalue weighted by Crippen LogP contribution is 2.30. The van der Waals surface area contributed by atoms with Gasteiger partial charge in [-0.1, -0.05) is 25.5 Å². The van der Waals surface area contributed by atoms with Crippen molar-refractivity contribution in [3.63, 3.8) is 0 Å². The average Bonchev–Trinajstić information content (AvgIpc) is 2.78. The SMILES string of the molecule is CCCCc1ccc(NC(=O)C2CCN(S(=O)(=O)c3cc(F)ccc3OC)CC2)cc1. The molecule has 1 heterocycles. The Morgan fingerprint density at radius 3 is 2.45 bits per heavy atom. The number of sulfonamides is 1. The molecule has 1 aliphatic heterocycles. The van der Waals surface area contributed by atoms with E-state index >= 15 is 0 Å². The molecule has 1 N–H and O–H groups in total. The fraction of sp³-hybridized carbons (Fsp3) is 0.435. The van der Waals surface area contributed by atoms with Crippen molar-refractivity contribution in [2.45, 2.75) is 43.9 Å². The molecule has 1 aliphatic rings. The molecular formula is C23H29FN2O4S.